The molecule has 0 spiro atoms. The molecule has 5 aromatic rings. The van der Waals surface area contributed by atoms with Crippen molar-refractivity contribution in [3.05, 3.63) is 73.0 Å². The fourth-order valence-corrected chi connectivity index (χ4v) is 4.70. The molecular weight excluding hydrogens is 486 g/mol. The Bertz CT molecular complexity index is 1650. The number of ketones is 1. The molecule has 6 rings (SSSR count). The number of pyridine rings is 1. The van der Waals surface area contributed by atoms with Crippen LogP contribution in [0.25, 0.3) is 28.0 Å². The molecule has 0 unspecified atom stereocenters. The second kappa shape index (κ2) is 9.39. The van der Waals surface area contributed by atoms with Crippen LogP contribution in [0.3, 0.4) is 0 Å². The van der Waals surface area contributed by atoms with Crippen molar-refractivity contribution >= 4 is 28.3 Å². The average molecular weight is 510 g/mol. The molecule has 0 atom stereocenters. The smallest absolute Gasteiger partial charge is 0.295 e. The quantitative estimate of drug-likeness (QED) is 0.269. The highest BCUT2D eigenvalue weighted by molar-refractivity contribution is 6.45. The molecule has 1 aliphatic heterocycles. The van der Waals surface area contributed by atoms with Gasteiger partial charge in [-0.25, -0.2) is 24.6 Å². The van der Waals surface area contributed by atoms with E-state index in [9.17, 15) is 14.7 Å². The number of hydrogen-bond acceptors (Lipinski definition) is 9. The summed E-state index contributed by atoms with van der Waals surface area (Å²) >= 11 is 0. The Morgan fingerprint density at radius 3 is 2.53 bits per heavy atom. The van der Waals surface area contributed by atoms with Crippen LogP contribution in [0.15, 0.2) is 61.6 Å². The second-order valence-corrected chi connectivity index (χ2v) is 8.89. The minimum Gasteiger partial charge on any atom is -0.506 e. The molecule has 12 nitrogen and oxygen atoms in total. The van der Waals surface area contributed by atoms with Crippen LogP contribution in [0.1, 0.15) is 16.2 Å². The van der Waals surface area contributed by atoms with Crippen LogP contribution < -0.4 is 4.90 Å². The van der Waals surface area contributed by atoms with Crippen LogP contribution in [0, 0.1) is 6.92 Å². The number of benzene rings is 1. The highest BCUT2D eigenvalue weighted by Gasteiger charge is 2.30. The highest BCUT2D eigenvalue weighted by Crippen LogP contribution is 2.32. The minimum atomic E-state index is -0.708. The summed E-state index contributed by atoms with van der Waals surface area (Å²) in [6.45, 7) is 3.49. The number of aryl methyl sites for hydroxylation is 1. The fraction of sp³-hybridized carbons (Fsp3) is 0.192. The largest absolute Gasteiger partial charge is 0.506 e. The number of H-pyrrole nitrogens is 1. The summed E-state index contributed by atoms with van der Waals surface area (Å²) in [6.07, 6.45) is 7.43. The van der Waals surface area contributed by atoms with Gasteiger partial charge in [-0.1, -0.05) is 30.3 Å². The number of nitrogens with one attached hydrogen (secondary N) is 1. The number of nitrogens with zero attached hydrogens (tertiary/aromatic N) is 8. The third kappa shape index (κ3) is 4.01. The molecule has 190 valence electrons. The van der Waals surface area contributed by atoms with E-state index in [4.69, 9.17) is 0 Å². The van der Waals surface area contributed by atoms with E-state index in [0.29, 0.717) is 43.3 Å². The Balaban J connectivity index is 1.22. The lowest BCUT2D eigenvalue weighted by Crippen LogP contribution is -2.50. The molecule has 12 heteroatoms. The summed E-state index contributed by atoms with van der Waals surface area (Å²) in [5.41, 5.74) is 3.13. The average Bonchev–Trinajstić information content (AvgIpc) is 3.60. The number of aromatic nitrogens is 7. The predicted octanol–water partition coefficient (Wildman–Crippen LogP) is 2.15. The van der Waals surface area contributed by atoms with Gasteiger partial charge in [0.1, 0.15) is 24.2 Å². The van der Waals surface area contributed by atoms with Gasteiger partial charge in [-0.05, 0) is 6.92 Å². The van der Waals surface area contributed by atoms with Gasteiger partial charge in [0.15, 0.2) is 5.82 Å². The van der Waals surface area contributed by atoms with E-state index in [1.807, 2.05) is 30.3 Å². The van der Waals surface area contributed by atoms with E-state index >= 15 is 0 Å². The third-order valence-electron chi connectivity index (χ3n) is 6.58. The first-order chi connectivity index (χ1) is 18.5. The van der Waals surface area contributed by atoms with Gasteiger partial charge in [-0.3, -0.25) is 9.59 Å². The summed E-state index contributed by atoms with van der Waals surface area (Å²) in [5, 5.41) is 15.0. The predicted molar refractivity (Wildman–Crippen MR) is 138 cm³/mol. The number of aromatic amines is 1. The highest BCUT2D eigenvalue weighted by atomic mass is 16.3. The van der Waals surface area contributed by atoms with Gasteiger partial charge in [0.25, 0.3) is 11.7 Å². The van der Waals surface area contributed by atoms with E-state index in [1.165, 1.54) is 34.6 Å². The molecule has 5 heterocycles. The molecule has 1 amide bonds. The number of carbonyl (C=O) groups is 2. The number of rotatable bonds is 5. The van der Waals surface area contributed by atoms with Crippen molar-refractivity contribution in [2.45, 2.75) is 6.92 Å². The first kappa shape index (κ1) is 23.3. The summed E-state index contributed by atoms with van der Waals surface area (Å²) < 4.78 is 1.44. The van der Waals surface area contributed by atoms with Crippen LogP contribution in [-0.2, 0) is 4.79 Å². The molecule has 1 aromatic carbocycles. The van der Waals surface area contributed by atoms with Crippen molar-refractivity contribution in [2.75, 3.05) is 31.1 Å². The zero-order valence-electron chi connectivity index (χ0n) is 20.4. The molecule has 1 fully saturated rings. The first-order valence-electron chi connectivity index (χ1n) is 12.0. The first-order valence-corrected chi connectivity index (χ1v) is 12.0. The Hall–Kier alpha value is -5.13. The zero-order chi connectivity index (χ0) is 26.2. The van der Waals surface area contributed by atoms with E-state index in [-0.39, 0.29) is 16.7 Å². The van der Waals surface area contributed by atoms with Crippen molar-refractivity contribution in [3.8, 4) is 22.8 Å². The lowest BCUT2D eigenvalue weighted by Gasteiger charge is -2.36. The molecule has 0 aliphatic carbocycles. The van der Waals surface area contributed by atoms with Crippen LogP contribution in [0.5, 0.6) is 5.75 Å². The number of piperazine rings is 1. The molecular formula is C26H23N9O3. The van der Waals surface area contributed by atoms with E-state index in [1.54, 1.807) is 13.1 Å². The molecule has 1 saturated heterocycles. The Labute approximate surface area is 216 Å². The number of aromatic hydroxyl groups is 1. The number of fused-ring (bicyclic) bond motifs is 1. The number of anilines is 1. The molecule has 0 bridgehead atoms. The van der Waals surface area contributed by atoms with E-state index in [0.717, 1.165) is 16.9 Å². The van der Waals surface area contributed by atoms with E-state index < -0.39 is 11.7 Å². The lowest BCUT2D eigenvalue weighted by molar-refractivity contribution is -0.126. The van der Waals surface area contributed by atoms with Gasteiger partial charge >= 0.3 is 0 Å². The minimum absolute atomic E-state index is 0.0771. The van der Waals surface area contributed by atoms with Crippen molar-refractivity contribution in [1.82, 2.24) is 39.6 Å². The normalized spacial score (nSPS) is 13.7. The van der Waals surface area contributed by atoms with Crippen molar-refractivity contribution in [3.63, 3.8) is 0 Å². The standard InChI is InChI=1S/C26H23N9O3/c1-16-31-15-35(32-16)25-23-21(20(36)13-29-25)18(11-28-23)24(37)26(38)34-9-7-33(8-10-34)19-12-27-14-30-22(19)17-5-3-2-4-6-17/h2-6,11-15,28,36H,7-10H2,1H3. The lowest BCUT2D eigenvalue weighted by atomic mass is 10.1. The second-order valence-electron chi connectivity index (χ2n) is 8.89. The summed E-state index contributed by atoms with van der Waals surface area (Å²) in [6, 6.07) is 9.85. The molecule has 0 saturated carbocycles. The van der Waals surface area contributed by atoms with Gasteiger partial charge in [0.2, 0.25) is 0 Å². The van der Waals surface area contributed by atoms with E-state index in [2.05, 4.69) is 34.9 Å². The summed E-state index contributed by atoms with van der Waals surface area (Å²) in [7, 11) is 0. The van der Waals surface area contributed by atoms with Gasteiger partial charge in [0.05, 0.1) is 40.2 Å². The van der Waals surface area contributed by atoms with Crippen molar-refractivity contribution in [1.29, 1.82) is 0 Å². The van der Waals surface area contributed by atoms with Gasteiger partial charge in [-0.15, -0.1) is 0 Å². The van der Waals surface area contributed by atoms with Crippen molar-refractivity contribution in [2.24, 2.45) is 0 Å². The van der Waals surface area contributed by atoms with Gasteiger partial charge in [0, 0.05) is 37.9 Å². The molecule has 1 aliphatic rings. The maximum atomic E-state index is 13.3. The molecule has 0 radical (unpaired) electrons. The topological polar surface area (TPSA) is 146 Å². The van der Waals surface area contributed by atoms with Crippen molar-refractivity contribution < 1.29 is 14.7 Å². The van der Waals surface area contributed by atoms with Crippen LogP contribution >= 0.6 is 0 Å². The number of Topliss-reactive ketones (excluding diaryl/α,β-unsaturated/α-hetero) is 1. The van der Waals surface area contributed by atoms with Gasteiger partial charge < -0.3 is 19.9 Å². The Morgan fingerprint density at radius 2 is 1.79 bits per heavy atom. The fourth-order valence-electron chi connectivity index (χ4n) is 4.70. The maximum absolute atomic E-state index is 13.3. The maximum Gasteiger partial charge on any atom is 0.295 e. The molecule has 4 aromatic heterocycles. The monoisotopic (exact) mass is 509 g/mol. The third-order valence-corrected chi connectivity index (χ3v) is 6.58. The summed E-state index contributed by atoms with van der Waals surface area (Å²) in [5.74, 6) is -0.645. The SMILES string of the molecule is Cc1ncn(-c2ncc(O)c3c(C(=O)C(=O)N4CCN(c5cncnc5-c5ccccc5)CC4)c[nH]c23)n1. The van der Waals surface area contributed by atoms with Crippen LogP contribution in [0.4, 0.5) is 5.69 Å². The zero-order valence-corrected chi connectivity index (χ0v) is 20.4. The Morgan fingerprint density at radius 1 is 1.00 bits per heavy atom. The number of carbonyl (C=O) groups excluding carboxylic acids is 2. The molecule has 38 heavy (non-hydrogen) atoms. The summed E-state index contributed by atoms with van der Waals surface area (Å²) in [4.78, 5) is 50.2. The van der Waals surface area contributed by atoms with Crippen LogP contribution in [0.2, 0.25) is 0 Å². The van der Waals surface area contributed by atoms with Gasteiger partial charge in [-0.2, -0.15) is 5.10 Å². The van der Waals surface area contributed by atoms with Crippen LogP contribution in [-0.4, -0.2) is 82.6 Å². The number of amides is 1. The number of hydrogen-bond donors (Lipinski definition) is 2. The molecule has 2 N–H and O–H groups in total. The Kier molecular flexibility index (Phi) is 5.75.